The van der Waals surface area contributed by atoms with Crippen LogP contribution >= 0.6 is 0 Å². The fourth-order valence-corrected chi connectivity index (χ4v) is 8.80. The van der Waals surface area contributed by atoms with Gasteiger partial charge in [-0.3, -0.25) is 0 Å². The van der Waals surface area contributed by atoms with Gasteiger partial charge in [-0.15, -0.1) is 0 Å². The molecule has 10 rings (SSSR count). The summed E-state index contributed by atoms with van der Waals surface area (Å²) >= 11 is 0. The third-order valence-electron chi connectivity index (χ3n) is 11.6. The molecule has 0 heterocycles. The molecular weight excluding hydrogens is 675 g/mol. The summed E-state index contributed by atoms with van der Waals surface area (Å²) in [5, 5.41) is 2.58. The smallest absolute Gasteiger partial charge is 0.0546 e. The lowest BCUT2D eigenvalue weighted by Crippen LogP contribution is -2.24. The normalized spacial score (nSPS) is 12.6. The van der Waals surface area contributed by atoms with Crippen LogP contribution in [0.1, 0.15) is 25.0 Å². The summed E-state index contributed by atoms with van der Waals surface area (Å²) in [5.74, 6) is 0. The number of anilines is 3. The van der Waals surface area contributed by atoms with Crippen LogP contribution in [0.25, 0.3) is 66.4 Å². The zero-order chi connectivity index (χ0) is 37.6. The Morgan fingerprint density at radius 3 is 1.41 bits per heavy atom. The van der Waals surface area contributed by atoms with Crippen LogP contribution in [0.15, 0.2) is 212 Å². The van der Waals surface area contributed by atoms with E-state index in [1.807, 2.05) is 0 Å². The van der Waals surface area contributed by atoms with Crippen molar-refractivity contribution in [3.8, 4) is 55.6 Å². The highest BCUT2D eigenvalue weighted by molar-refractivity contribution is 6.10. The number of benzene rings is 9. The highest BCUT2D eigenvalue weighted by Gasteiger charge is 2.36. The maximum atomic E-state index is 2.46. The molecule has 0 aromatic heterocycles. The largest absolute Gasteiger partial charge is 0.310 e. The molecule has 1 heteroatoms. The number of rotatable bonds is 7. The van der Waals surface area contributed by atoms with Gasteiger partial charge in [-0.2, -0.15) is 0 Å². The molecule has 0 radical (unpaired) electrons. The molecule has 266 valence electrons. The van der Waals surface area contributed by atoms with E-state index < -0.39 is 0 Å². The summed E-state index contributed by atoms with van der Waals surface area (Å²) in [5.41, 5.74) is 18.1. The second kappa shape index (κ2) is 13.7. The number of hydrogen-bond acceptors (Lipinski definition) is 1. The van der Waals surface area contributed by atoms with Crippen molar-refractivity contribution in [2.45, 2.75) is 19.3 Å². The molecule has 0 atom stereocenters. The lowest BCUT2D eigenvalue weighted by atomic mass is 9.67. The fourth-order valence-electron chi connectivity index (χ4n) is 8.80. The van der Waals surface area contributed by atoms with E-state index in [9.17, 15) is 0 Å². The van der Waals surface area contributed by atoms with Crippen LogP contribution in [0, 0.1) is 0 Å². The molecule has 0 bridgehead atoms. The first-order valence-corrected chi connectivity index (χ1v) is 19.5. The first-order valence-electron chi connectivity index (χ1n) is 19.5. The highest BCUT2D eigenvalue weighted by atomic mass is 15.1. The van der Waals surface area contributed by atoms with Gasteiger partial charge in [-0.05, 0) is 127 Å². The topological polar surface area (TPSA) is 3.24 Å². The number of fused-ring (bicyclic) bond motifs is 2. The molecule has 0 aliphatic heterocycles. The molecule has 9 aromatic rings. The number of para-hydroxylation sites is 1. The van der Waals surface area contributed by atoms with Gasteiger partial charge in [0.15, 0.2) is 0 Å². The summed E-state index contributed by atoms with van der Waals surface area (Å²) < 4.78 is 0. The van der Waals surface area contributed by atoms with Gasteiger partial charge >= 0.3 is 0 Å². The lowest BCUT2D eigenvalue weighted by molar-refractivity contribution is 0.645. The van der Waals surface area contributed by atoms with Gasteiger partial charge in [0, 0.05) is 22.4 Å². The van der Waals surface area contributed by atoms with Crippen LogP contribution in [-0.4, -0.2) is 0 Å². The van der Waals surface area contributed by atoms with Crippen molar-refractivity contribution in [1.82, 2.24) is 0 Å². The van der Waals surface area contributed by atoms with Gasteiger partial charge in [0.1, 0.15) is 0 Å². The van der Waals surface area contributed by atoms with Crippen molar-refractivity contribution in [1.29, 1.82) is 0 Å². The predicted molar refractivity (Wildman–Crippen MR) is 238 cm³/mol. The Labute approximate surface area is 329 Å². The molecule has 1 nitrogen and oxygen atoms in total. The summed E-state index contributed by atoms with van der Waals surface area (Å²) in [7, 11) is 0. The predicted octanol–water partition coefficient (Wildman–Crippen LogP) is 15.3. The van der Waals surface area contributed by atoms with Crippen LogP contribution in [0.3, 0.4) is 0 Å². The van der Waals surface area contributed by atoms with Crippen LogP contribution in [0.5, 0.6) is 0 Å². The zero-order valence-corrected chi connectivity index (χ0v) is 31.7. The number of nitrogens with zero attached hydrogens (tertiary/aromatic N) is 1. The van der Waals surface area contributed by atoms with E-state index in [-0.39, 0.29) is 5.41 Å². The molecule has 0 fully saturated rings. The summed E-state index contributed by atoms with van der Waals surface area (Å²) in [6, 6.07) is 77.7. The quantitative estimate of drug-likeness (QED) is 0.159. The standard InChI is InChI=1S/C55H41N/c1-55(2)50-32-28-43(46-35-44(39-18-9-4-10-19-39)34-45(36-46)40-20-11-5-12-21-40)37-49(50)54-52(33-29-42-22-15-25-51(55)53(42)54)56(47-23-13-6-14-24-47)48-30-26-41(27-31-48)38-16-7-3-8-17-38/h3-37H,1-2H3. The van der Waals surface area contributed by atoms with Crippen molar-refractivity contribution in [2.24, 2.45) is 0 Å². The molecular formula is C55H41N. The Balaban J connectivity index is 1.21. The van der Waals surface area contributed by atoms with E-state index in [2.05, 4.69) is 231 Å². The Morgan fingerprint density at radius 1 is 0.339 bits per heavy atom. The Hall–Kier alpha value is -6.96. The van der Waals surface area contributed by atoms with Gasteiger partial charge in [-0.25, -0.2) is 0 Å². The van der Waals surface area contributed by atoms with Crippen LogP contribution in [-0.2, 0) is 5.41 Å². The van der Waals surface area contributed by atoms with E-state index in [1.165, 1.54) is 83.2 Å². The Kier molecular flexibility index (Phi) is 8.23. The van der Waals surface area contributed by atoms with E-state index in [4.69, 9.17) is 0 Å². The first kappa shape index (κ1) is 33.6. The van der Waals surface area contributed by atoms with Crippen LogP contribution in [0.2, 0.25) is 0 Å². The summed E-state index contributed by atoms with van der Waals surface area (Å²) in [6.07, 6.45) is 0. The van der Waals surface area contributed by atoms with Crippen molar-refractivity contribution in [3.05, 3.63) is 223 Å². The maximum absolute atomic E-state index is 2.46. The maximum Gasteiger partial charge on any atom is 0.0546 e. The van der Waals surface area contributed by atoms with Crippen molar-refractivity contribution in [3.63, 3.8) is 0 Å². The van der Waals surface area contributed by atoms with Crippen molar-refractivity contribution in [2.75, 3.05) is 4.90 Å². The molecule has 56 heavy (non-hydrogen) atoms. The van der Waals surface area contributed by atoms with Crippen LogP contribution in [0.4, 0.5) is 17.1 Å². The molecule has 1 aliphatic rings. The molecule has 0 amide bonds. The van der Waals surface area contributed by atoms with E-state index >= 15 is 0 Å². The molecule has 0 saturated heterocycles. The molecule has 0 unspecified atom stereocenters. The molecule has 1 aliphatic carbocycles. The monoisotopic (exact) mass is 715 g/mol. The average molecular weight is 716 g/mol. The van der Waals surface area contributed by atoms with Crippen LogP contribution < -0.4 is 4.90 Å². The first-order chi connectivity index (χ1) is 27.5. The SMILES string of the molecule is CC1(C)c2ccc(-c3cc(-c4ccccc4)cc(-c4ccccc4)c3)cc2-c2c(N(c3ccccc3)c3ccc(-c4ccccc4)cc3)ccc3cccc1c23. The average Bonchev–Trinajstić information content (AvgIpc) is 3.27. The van der Waals surface area contributed by atoms with Gasteiger partial charge in [-0.1, -0.05) is 172 Å². The Morgan fingerprint density at radius 2 is 0.821 bits per heavy atom. The third-order valence-corrected chi connectivity index (χ3v) is 11.6. The minimum absolute atomic E-state index is 0.199. The van der Waals surface area contributed by atoms with Gasteiger partial charge in [0.2, 0.25) is 0 Å². The molecule has 0 saturated carbocycles. The fraction of sp³-hybridized carbons (Fsp3) is 0.0545. The molecule has 9 aromatic carbocycles. The van der Waals surface area contributed by atoms with E-state index in [1.54, 1.807) is 0 Å². The van der Waals surface area contributed by atoms with Gasteiger partial charge in [0.05, 0.1) is 5.69 Å². The highest BCUT2D eigenvalue weighted by Crippen LogP contribution is 2.54. The lowest BCUT2D eigenvalue weighted by Gasteiger charge is -2.38. The van der Waals surface area contributed by atoms with Crippen molar-refractivity contribution < 1.29 is 0 Å². The summed E-state index contributed by atoms with van der Waals surface area (Å²) in [6.45, 7) is 4.77. The van der Waals surface area contributed by atoms with E-state index in [0.29, 0.717) is 0 Å². The second-order valence-electron chi connectivity index (χ2n) is 15.4. The summed E-state index contributed by atoms with van der Waals surface area (Å²) in [4.78, 5) is 2.44. The minimum atomic E-state index is -0.199. The Bertz CT molecular complexity index is 2780. The van der Waals surface area contributed by atoms with E-state index in [0.717, 1.165) is 11.4 Å². The van der Waals surface area contributed by atoms with Gasteiger partial charge < -0.3 is 4.90 Å². The zero-order valence-electron chi connectivity index (χ0n) is 31.7. The minimum Gasteiger partial charge on any atom is -0.310 e. The molecule has 0 spiro atoms. The molecule has 0 N–H and O–H groups in total. The van der Waals surface area contributed by atoms with Crippen molar-refractivity contribution >= 4 is 27.8 Å². The third kappa shape index (κ3) is 5.81. The number of hydrogen-bond donors (Lipinski definition) is 0. The second-order valence-corrected chi connectivity index (χ2v) is 15.4. The van der Waals surface area contributed by atoms with Gasteiger partial charge in [0.25, 0.3) is 0 Å².